The summed E-state index contributed by atoms with van der Waals surface area (Å²) in [5.41, 5.74) is 6.84. The summed E-state index contributed by atoms with van der Waals surface area (Å²) >= 11 is 4.71. The molecule has 0 aliphatic carbocycles. The maximum Gasteiger partial charge on any atom is 0.192 e. The second-order valence-electron chi connectivity index (χ2n) is 3.12. The lowest BCUT2D eigenvalue weighted by atomic mass is 10.3. The van der Waals surface area contributed by atoms with E-state index in [1.807, 2.05) is 12.1 Å². The molecule has 2 rings (SSSR count). The van der Waals surface area contributed by atoms with E-state index in [2.05, 4.69) is 4.98 Å². The molecule has 1 aromatic carbocycles. The molecule has 1 aromatic heterocycles. The van der Waals surface area contributed by atoms with Crippen molar-refractivity contribution in [2.45, 2.75) is 6.92 Å². The molecule has 0 aliphatic heterocycles. The number of thiocarbonyl (C=S) groups is 1. The van der Waals surface area contributed by atoms with Crippen molar-refractivity contribution < 1.29 is 9.15 Å². The van der Waals surface area contributed by atoms with E-state index in [0.717, 1.165) is 5.52 Å². The number of aromatic nitrogens is 1. The van der Waals surface area contributed by atoms with Gasteiger partial charge in [0.05, 0.1) is 0 Å². The first-order valence-electron chi connectivity index (χ1n) is 4.43. The number of hydrogen-bond donors (Lipinski definition) is 1. The van der Waals surface area contributed by atoms with Gasteiger partial charge in [-0.15, -0.1) is 0 Å². The molecule has 0 fully saturated rings. The molecule has 0 saturated heterocycles. The lowest BCUT2D eigenvalue weighted by molar-refractivity contribution is 0.377. The maximum absolute atomic E-state index is 5.36. The third kappa shape index (κ3) is 2.24. The molecule has 0 radical (unpaired) electrons. The van der Waals surface area contributed by atoms with Gasteiger partial charge in [-0.25, -0.2) is 4.98 Å². The number of benzene rings is 1. The molecule has 0 atom stereocenters. The Hall–Kier alpha value is -1.62. The molecule has 0 bridgehead atoms. The predicted octanol–water partition coefficient (Wildman–Crippen LogP) is 1.80. The van der Waals surface area contributed by atoms with E-state index >= 15 is 0 Å². The number of hydrogen-bond acceptors (Lipinski definition) is 4. The standard InChI is InChI=1S/C10H10N2O2S/c1-6-12-8-3-2-7(4-9(8)14-6)13-5-10(11)15/h2-4H,5H2,1H3,(H2,11,15). The fraction of sp³-hybridized carbons (Fsp3) is 0.200. The maximum atomic E-state index is 5.36. The number of aryl methyl sites for hydroxylation is 1. The van der Waals surface area contributed by atoms with E-state index in [9.17, 15) is 0 Å². The summed E-state index contributed by atoms with van der Waals surface area (Å²) in [6.07, 6.45) is 0. The van der Waals surface area contributed by atoms with Crippen molar-refractivity contribution in [3.8, 4) is 5.75 Å². The molecule has 2 aromatic rings. The van der Waals surface area contributed by atoms with Crippen LogP contribution in [0.15, 0.2) is 22.6 Å². The van der Waals surface area contributed by atoms with Crippen molar-refractivity contribution in [2.75, 3.05) is 6.61 Å². The highest BCUT2D eigenvalue weighted by molar-refractivity contribution is 7.80. The second kappa shape index (κ2) is 3.86. The molecular formula is C10H10N2O2S. The van der Waals surface area contributed by atoms with Gasteiger partial charge in [0, 0.05) is 13.0 Å². The van der Waals surface area contributed by atoms with Gasteiger partial charge in [-0.2, -0.15) is 0 Å². The monoisotopic (exact) mass is 222 g/mol. The fourth-order valence-electron chi connectivity index (χ4n) is 1.26. The minimum atomic E-state index is 0.230. The Bertz CT molecular complexity index is 507. The molecule has 0 spiro atoms. The van der Waals surface area contributed by atoms with Gasteiger partial charge in [-0.3, -0.25) is 0 Å². The van der Waals surface area contributed by atoms with Crippen molar-refractivity contribution >= 4 is 28.3 Å². The Morgan fingerprint density at radius 2 is 2.40 bits per heavy atom. The van der Waals surface area contributed by atoms with Gasteiger partial charge in [-0.05, 0) is 12.1 Å². The van der Waals surface area contributed by atoms with Crippen molar-refractivity contribution in [1.29, 1.82) is 0 Å². The van der Waals surface area contributed by atoms with Crippen LogP contribution in [0.5, 0.6) is 5.75 Å². The third-order valence-corrected chi connectivity index (χ3v) is 1.97. The van der Waals surface area contributed by atoms with E-state index in [0.29, 0.717) is 22.2 Å². The van der Waals surface area contributed by atoms with Crippen LogP contribution in [0, 0.1) is 6.92 Å². The predicted molar refractivity (Wildman–Crippen MR) is 61.0 cm³/mol. The first-order valence-corrected chi connectivity index (χ1v) is 4.84. The topological polar surface area (TPSA) is 61.3 Å². The molecule has 15 heavy (non-hydrogen) atoms. The first kappa shape index (κ1) is 9.92. The van der Waals surface area contributed by atoms with Crippen molar-refractivity contribution in [1.82, 2.24) is 4.98 Å². The number of nitrogens with two attached hydrogens (primary N) is 1. The van der Waals surface area contributed by atoms with E-state index < -0.39 is 0 Å². The van der Waals surface area contributed by atoms with Gasteiger partial charge in [-0.1, -0.05) is 12.2 Å². The third-order valence-electron chi connectivity index (χ3n) is 1.85. The van der Waals surface area contributed by atoms with E-state index in [-0.39, 0.29) is 6.61 Å². The zero-order valence-electron chi connectivity index (χ0n) is 8.19. The molecule has 5 heteroatoms. The van der Waals surface area contributed by atoms with Crippen molar-refractivity contribution in [2.24, 2.45) is 5.73 Å². The summed E-state index contributed by atoms with van der Waals surface area (Å²) in [4.78, 5) is 4.50. The van der Waals surface area contributed by atoms with Gasteiger partial charge < -0.3 is 14.9 Å². The molecule has 0 amide bonds. The molecule has 1 heterocycles. The van der Waals surface area contributed by atoms with Crippen LogP contribution in [-0.4, -0.2) is 16.6 Å². The summed E-state index contributed by atoms with van der Waals surface area (Å²) in [5, 5.41) is 0. The van der Waals surface area contributed by atoms with Gasteiger partial charge in [0.25, 0.3) is 0 Å². The van der Waals surface area contributed by atoms with E-state index in [1.54, 1.807) is 13.0 Å². The SMILES string of the molecule is Cc1nc2ccc(OCC(N)=S)cc2o1. The normalized spacial score (nSPS) is 10.5. The van der Waals surface area contributed by atoms with Crippen LogP contribution in [0.2, 0.25) is 0 Å². The van der Waals surface area contributed by atoms with Crippen molar-refractivity contribution in [3.05, 3.63) is 24.1 Å². The van der Waals surface area contributed by atoms with Crippen LogP contribution in [0.3, 0.4) is 0 Å². The number of ether oxygens (including phenoxy) is 1. The van der Waals surface area contributed by atoms with E-state index in [4.69, 9.17) is 27.1 Å². The number of oxazole rings is 1. The number of rotatable bonds is 3. The zero-order valence-corrected chi connectivity index (χ0v) is 9.00. The van der Waals surface area contributed by atoms with Crippen LogP contribution < -0.4 is 10.5 Å². The van der Waals surface area contributed by atoms with Crippen LogP contribution in [0.1, 0.15) is 5.89 Å². The lowest BCUT2D eigenvalue weighted by Crippen LogP contribution is -2.17. The highest BCUT2D eigenvalue weighted by atomic mass is 32.1. The van der Waals surface area contributed by atoms with Gasteiger partial charge in [0.15, 0.2) is 11.5 Å². The fourth-order valence-corrected chi connectivity index (χ4v) is 1.32. The Morgan fingerprint density at radius 1 is 1.60 bits per heavy atom. The van der Waals surface area contributed by atoms with Crippen molar-refractivity contribution in [3.63, 3.8) is 0 Å². The number of nitrogens with zero attached hydrogens (tertiary/aromatic N) is 1. The van der Waals surface area contributed by atoms with E-state index in [1.165, 1.54) is 0 Å². The van der Waals surface area contributed by atoms with Gasteiger partial charge in [0.2, 0.25) is 0 Å². The quantitative estimate of drug-likeness (QED) is 0.802. The molecular weight excluding hydrogens is 212 g/mol. The average molecular weight is 222 g/mol. The second-order valence-corrected chi connectivity index (χ2v) is 3.64. The largest absolute Gasteiger partial charge is 0.486 e. The first-order chi connectivity index (χ1) is 7.15. The summed E-state index contributed by atoms with van der Waals surface area (Å²) in [7, 11) is 0. The van der Waals surface area contributed by atoms with Gasteiger partial charge >= 0.3 is 0 Å². The average Bonchev–Trinajstić information content (AvgIpc) is 2.53. The Kier molecular flexibility index (Phi) is 2.55. The summed E-state index contributed by atoms with van der Waals surface area (Å²) in [5.74, 6) is 1.31. The molecule has 0 aliphatic rings. The summed E-state index contributed by atoms with van der Waals surface area (Å²) < 4.78 is 10.7. The zero-order chi connectivity index (χ0) is 10.8. The highest BCUT2D eigenvalue weighted by Gasteiger charge is 2.03. The molecule has 0 saturated carbocycles. The minimum absolute atomic E-state index is 0.230. The van der Waals surface area contributed by atoms with Crippen LogP contribution in [0.4, 0.5) is 0 Å². The number of fused-ring (bicyclic) bond motifs is 1. The highest BCUT2D eigenvalue weighted by Crippen LogP contribution is 2.21. The molecule has 2 N–H and O–H groups in total. The minimum Gasteiger partial charge on any atom is -0.486 e. The lowest BCUT2D eigenvalue weighted by Gasteiger charge is -2.03. The molecule has 78 valence electrons. The summed E-state index contributed by atoms with van der Waals surface area (Å²) in [6.45, 7) is 2.03. The van der Waals surface area contributed by atoms with Gasteiger partial charge in [0.1, 0.15) is 22.9 Å². The smallest absolute Gasteiger partial charge is 0.192 e. The molecule has 4 nitrogen and oxygen atoms in total. The molecule has 0 unspecified atom stereocenters. The Balaban J connectivity index is 2.26. The van der Waals surface area contributed by atoms with Crippen LogP contribution >= 0.6 is 12.2 Å². The Labute approximate surface area is 92.0 Å². The summed E-state index contributed by atoms with van der Waals surface area (Å²) in [6, 6.07) is 5.41. The Morgan fingerprint density at radius 3 is 3.13 bits per heavy atom. The van der Waals surface area contributed by atoms with Crippen LogP contribution in [0.25, 0.3) is 11.1 Å². The van der Waals surface area contributed by atoms with Crippen LogP contribution in [-0.2, 0) is 0 Å².